The summed E-state index contributed by atoms with van der Waals surface area (Å²) in [5.41, 5.74) is 2.64. The lowest BCUT2D eigenvalue weighted by molar-refractivity contribution is -0.127. The van der Waals surface area contributed by atoms with E-state index in [0.717, 1.165) is 51.5 Å². The van der Waals surface area contributed by atoms with Crippen LogP contribution in [-0.2, 0) is 17.9 Å². The molecule has 6 nitrogen and oxygen atoms in total. The molecule has 1 aromatic rings. The molecule has 1 amide bonds. The number of nitrogens with one attached hydrogen (secondary N) is 2. The Balaban J connectivity index is 0.00000341. The first-order chi connectivity index (χ1) is 14.7. The van der Waals surface area contributed by atoms with Gasteiger partial charge in [-0.3, -0.25) is 9.69 Å². The number of guanidine groups is 1. The molecule has 0 aromatic heterocycles. The van der Waals surface area contributed by atoms with Crippen molar-refractivity contribution in [1.82, 2.24) is 20.4 Å². The number of amides is 1. The fourth-order valence-corrected chi connectivity index (χ4v) is 4.31. The van der Waals surface area contributed by atoms with Crippen LogP contribution in [0.1, 0.15) is 63.0 Å². The van der Waals surface area contributed by atoms with Gasteiger partial charge in [-0.1, -0.05) is 37.1 Å². The molecular weight excluding hydrogens is 501 g/mol. The second kappa shape index (κ2) is 14.7. The second-order valence-corrected chi connectivity index (χ2v) is 8.47. The zero-order chi connectivity index (χ0) is 21.0. The lowest BCUT2D eigenvalue weighted by atomic mass is 10.1. The maximum Gasteiger partial charge on any atom is 0.222 e. The van der Waals surface area contributed by atoms with Crippen LogP contribution in [0.3, 0.4) is 0 Å². The molecule has 7 heteroatoms. The van der Waals surface area contributed by atoms with E-state index in [1.54, 1.807) is 0 Å². The number of rotatable bonds is 9. The molecule has 2 N–H and O–H groups in total. The SMILES string of the molecule is CCNC(=NCc1cccc(CN2CCCCCC2)c1)NCCCN1CCCC1=O.I. The van der Waals surface area contributed by atoms with Gasteiger partial charge in [-0.05, 0) is 56.8 Å². The highest BCUT2D eigenvalue weighted by molar-refractivity contribution is 14.0. The second-order valence-electron chi connectivity index (χ2n) is 8.47. The van der Waals surface area contributed by atoms with E-state index < -0.39 is 0 Å². The summed E-state index contributed by atoms with van der Waals surface area (Å²) in [6, 6.07) is 8.86. The van der Waals surface area contributed by atoms with E-state index in [2.05, 4.69) is 46.7 Å². The van der Waals surface area contributed by atoms with Gasteiger partial charge in [0.15, 0.2) is 5.96 Å². The van der Waals surface area contributed by atoms with Crippen LogP contribution >= 0.6 is 24.0 Å². The first kappa shape index (κ1) is 25.9. The van der Waals surface area contributed by atoms with Crippen molar-refractivity contribution in [1.29, 1.82) is 0 Å². The van der Waals surface area contributed by atoms with Crippen molar-refractivity contribution in [2.75, 3.05) is 39.3 Å². The Morgan fingerprint density at radius 3 is 2.52 bits per heavy atom. The normalized spacial score (nSPS) is 17.9. The summed E-state index contributed by atoms with van der Waals surface area (Å²) in [6.45, 7) is 9.67. The number of nitrogens with zero attached hydrogens (tertiary/aromatic N) is 3. The zero-order valence-corrected chi connectivity index (χ0v) is 21.4. The Kier molecular flexibility index (Phi) is 12.3. The lowest BCUT2D eigenvalue weighted by Crippen LogP contribution is -2.39. The van der Waals surface area contributed by atoms with Crippen molar-refractivity contribution in [3.63, 3.8) is 0 Å². The van der Waals surface area contributed by atoms with Crippen molar-refractivity contribution in [2.24, 2.45) is 4.99 Å². The van der Waals surface area contributed by atoms with Crippen molar-refractivity contribution in [2.45, 2.75) is 65.0 Å². The van der Waals surface area contributed by atoms with Crippen LogP contribution in [-0.4, -0.2) is 60.9 Å². The molecule has 2 saturated heterocycles. The number of carbonyl (C=O) groups excluding carboxylic acids is 1. The largest absolute Gasteiger partial charge is 0.357 e. The van der Waals surface area contributed by atoms with E-state index in [1.165, 1.54) is 49.9 Å². The first-order valence-electron chi connectivity index (χ1n) is 11.8. The van der Waals surface area contributed by atoms with Crippen LogP contribution in [0.15, 0.2) is 29.3 Å². The molecule has 2 aliphatic rings. The lowest BCUT2D eigenvalue weighted by Gasteiger charge is -2.20. The summed E-state index contributed by atoms with van der Waals surface area (Å²) < 4.78 is 0. The first-order valence-corrected chi connectivity index (χ1v) is 11.8. The van der Waals surface area contributed by atoms with E-state index in [9.17, 15) is 4.79 Å². The van der Waals surface area contributed by atoms with Crippen LogP contribution in [0.2, 0.25) is 0 Å². The summed E-state index contributed by atoms with van der Waals surface area (Å²) in [5.74, 6) is 1.15. The molecule has 2 fully saturated rings. The van der Waals surface area contributed by atoms with E-state index in [0.29, 0.717) is 18.9 Å². The van der Waals surface area contributed by atoms with Gasteiger partial charge in [0.1, 0.15) is 0 Å². The van der Waals surface area contributed by atoms with Gasteiger partial charge in [0, 0.05) is 39.1 Å². The molecule has 0 radical (unpaired) electrons. The van der Waals surface area contributed by atoms with Gasteiger partial charge in [-0.15, -0.1) is 24.0 Å². The fourth-order valence-electron chi connectivity index (χ4n) is 4.31. The molecule has 0 aliphatic carbocycles. The molecular formula is C24H40IN5O. The third-order valence-corrected chi connectivity index (χ3v) is 5.93. The van der Waals surface area contributed by atoms with Crippen molar-refractivity contribution in [3.8, 4) is 0 Å². The van der Waals surface area contributed by atoms with Crippen LogP contribution in [0.4, 0.5) is 0 Å². The standard InChI is InChI=1S/C24H39N5O.HI/c1-2-25-24(26-13-9-17-29-16-8-12-23(29)30)27-19-21-10-7-11-22(18-21)20-28-14-5-3-4-6-15-28;/h7,10-11,18H,2-6,8-9,12-17,19-20H2,1H3,(H2,25,26,27);1H. The maximum atomic E-state index is 11.7. The summed E-state index contributed by atoms with van der Waals surface area (Å²) in [7, 11) is 0. The molecule has 174 valence electrons. The molecule has 31 heavy (non-hydrogen) atoms. The molecule has 0 unspecified atom stereocenters. The Hall–Kier alpha value is -1.35. The molecule has 2 heterocycles. The number of likely N-dealkylation sites (tertiary alicyclic amines) is 2. The third-order valence-electron chi connectivity index (χ3n) is 5.93. The van der Waals surface area contributed by atoms with Crippen molar-refractivity contribution < 1.29 is 4.79 Å². The van der Waals surface area contributed by atoms with Crippen LogP contribution in [0, 0.1) is 0 Å². The monoisotopic (exact) mass is 541 g/mol. The highest BCUT2D eigenvalue weighted by atomic mass is 127. The number of hydrogen-bond donors (Lipinski definition) is 2. The topological polar surface area (TPSA) is 60.0 Å². The van der Waals surface area contributed by atoms with Gasteiger partial charge in [0.05, 0.1) is 6.54 Å². The van der Waals surface area contributed by atoms with Crippen LogP contribution in [0.5, 0.6) is 0 Å². The highest BCUT2D eigenvalue weighted by Crippen LogP contribution is 2.15. The molecule has 0 spiro atoms. The van der Waals surface area contributed by atoms with E-state index in [4.69, 9.17) is 4.99 Å². The maximum absolute atomic E-state index is 11.7. The molecule has 0 saturated carbocycles. The Labute approximate surface area is 205 Å². The van der Waals surface area contributed by atoms with Gasteiger partial charge in [0.25, 0.3) is 0 Å². The van der Waals surface area contributed by atoms with Gasteiger partial charge < -0.3 is 15.5 Å². The average Bonchev–Trinajstić information content (AvgIpc) is 2.98. The summed E-state index contributed by atoms with van der Waals surface area (Å²) >= 11 is 0. The van der Waals surface area contributed by atoms with E-state index >= 15 is 0 Å². The molecule has 2 aliphatic heterocycles. The Bertz CT molecular complexity index is 688. The highest BCUT2D eigenvalue weighted by Gasteiger charge is 2.18. The minimum Gasteiger partial charge on any atom is -0.357 e. The molecule has 1 aromatic carbocycles. The van der Waals surface area contributed by atoms with Gasteiger partial charge in [-0.2, -0.15) is 0 Å². The van der Waals surface area contributed by atoms with Crippen molar-refractivity contribution in [3.05, 3.63) is 35.4 Å². The van der Waals surface area contributed by atoms with E-state index in [-0.39, 0.29) is 24.0 Å². The molecule has 0 atom stereocenters. The van der Waals surface area contributed by atoms with Crippen molar-refractivity contribution >= 4 is 35.8 Å². The van der Waals surface area contributed by atoms with Crippen LogP contribution in [0.25, 0.3) is 0 Å². The number of aliphatic imine (C=N–C) groups is 1. The third kappa shape index (κ3) is 9.35. The predicted octanol–water partition coefficient (Wildman–Crippen LogP) is 3.75. The average molecular weight is 542 g/mol. The molecule has 0 bridgehead atoms. The van der Waals surface area contributed by atoms with Gasteiger partial charge in [-0.25, -0.2) is 4.99 Å². The zero-order valence-electron chi connectivity index (χ0n) is 19.1. The number of carbonyl (C=O) groups is 1. The number of halogens is 1. The summed E-state index contributed by atoms with van der Waals surface area (Å²) in [5, 5.41) is 6.74. The Morgan fingerprint density at radius 1 is 1.03 bits per heavy atom. The quantitative estimate of drug-likeness (QED) is 0.217. The minimum absolute atomic E-state index is 0. The predicted molar refractivity (Wildman–Crippen MR) is 139 cm³/mol. The van der Waals surface area contributed by atoms with Gasteiger partial charge >= 0.3 is 0 Å². The minimum atomic E-state index is 0. The van der Waals surface area contributed by atoms with Gasteiger partial charge in [0.2, 0.25) is 5.91 Å². The molecule has 3 rings (SSSR count). The fraction of sp³-hybridized carbons (Fsp3) is 0.667. The summed E-state index contributed by atoms with van der Waals surface area (Å²) in [6.07, 6.45) is 8.07. The number of benzene rings is 1. The smallest absolute Gasteiger partial charge is 0.222 e. The van der Waals surface area contributed by atoms with E-state index in [1.807, 2.05) is 4.90 Å². The number of hydrogen-bond acceptors (Lipinski definition) is 3. The van der Waals surface area contributed by atoms with Crippen LogP contribution < -0.4 is 10.6 Å². The Morgan fingerprint density at radius 2 is 1.81 bits per heavy atom. The summed E-state index contributed by atoms with van der Waals surface area (Å²) in [4.78, 5) is 21.0.